The monoisotopic (exact) mass is 363 g/mol. The minimum Gasteiger partial charge on any atom is -0.435 e. The van der Waals surface area contributed by atoms with Crippen molar-refractivity contribution >= 4 is 17.5 Å². The highest BCUT2D eigenvalue weighted by atomic mass is 16.7. The molecular formula is C15H17N5O6. The number of nitrogens with zero attached hydrogens (tertiary/aromatic N) is 4. The number of fused-ring (bicyclic) bond motifs is 1. The lowest BCUT2D eigenvalue weighted by Gasteiger charge is -2.24. The van der Waals surface area contributed by atoms with Crippen molar-refractivity contribution in [1.82, 2.24) is 14.6 Å². The van der Waals surface area contributed by atoms with Crippen LogP contribution in [0.1, 0.15) is 12.6 Å². The number of rotatable bonds is 4. The van der Waals surface area contributed by atoms with E-state index in [0.29, 0.717) is 5.52 Å². The molecule has 11 heteroatoms. The van der Waals surface area contributed by atoms with Crippen molar-refractivity contribution in [3.05, 3.63) is 24.2 Å². The second kappa shape index (κ2) is 6.75. The van der Waals surface area contributed by atoms with Crippen molar-refractivity contribution in [1.29, 1.82) is 5.26 Å². The molecule has 4 N–H and O–H groups in total. The van der Waals surface area contributed by atoms with Gasteiger partial charge < -0.3 is 30.2 Å². The summed E-state index contributed by atoms with van der Waals surface area (Å²) >= 11 is 0. The molecule has 1 fully saturated rings. The molecule has 4 atom stereocenters. The fourth-order valence-electron chi connectivity index (χ4n) is 2.86. The molecule has 0 amide bonds. The topological polar surface area (TPSA) is 165 Å². The van der Waals surface area contributed by atoms with E-state index in [4.69, 9.17) is 15.2 Å². The van der Waals surface area contributed by atoms with Gasteiger partial charge in [0, 0.05) is 0 Å². The number of aliphatic hydroxyl groups is 2. The molecule has 2 aromatic rings. The molecule has 2 aromatic heterocycles. The Morgan fingerprint density at radius 2 is 2.27 bits per heavy atom. The lowest BCUT2D eigenvalue weighted by Crippen LogP contribution is -2.41. The van der Waals surface area contributed by atoms with E-state index < -0.39 is 36.7 Å². The number of nitrogens with two attached hydrogens (primary N) is 1. The van der Waals surface area contributed by atoms with Crippen LogP contribution in [0.4, 0.5) is 10.6 Å². The SMILES string of the molecule is CCOC(=O)OC[C@H]1O[C@@](C#N)(c2ccc3c(N)ncnn23)[C@H](O)[C@H]1O. The fourth-order valence-corrected chi connectivity index (χ4v) is 2.86. The van der Waals surface area contributed by atoms with Crippen molar-refractivity contribution in [3.63, 3.8) is 0 Å². The van der Waals surface area contributed by atoms with Crippen LogP contribution in [0.25, 0.3) is 5.52 Å². The van der Waals surface area contributed by atoms with Crippen LogP contribution in [0.2, 0.25) is 0 Å². The molecule has 0 radical (unpaired) electrons. The molecule has 3 heterocycles. The Balaban J connectivity index is 1.92. The largest absolute Gasteiger partial charge is 0.508 e. The van der Waals surface area contributed by atoms with Crippen LogP contribution in [0.3, 0.4) is 0 Å². The van der Waals surface area contributed by atoms with Crippen LogP contribution in [0, 0.1) is 11.3 Å². The van der Waals surface area contributed by atoms with Crippen LogP contribution >= 0.6 is 0 Å². The highest BCUT2D eigenvalue weighted by Crippen LogP contribution is 2.40. The first kappa shape index (κ1) is 17.9. The summed E-state index contributed by atoms with van der Waals surface area (Å²) in [7, 11) is 0. The minimum absolute atomic E-state index is 0.120. The number of aromatic nitrogens is 3. The third kappa shape index (κ3) is 2.70. The quantitative estimate of drug-likeness (QED) is 0.593. The zero-order chi connectivity index (χ0) is 18.9. The molecule has 0 saturated carbocycles. The summed E-state index contributed by atoms with van der Waals surface area (Å²) in [4.78, 5) is 15.2. The number of carbonyl (C=O) groups is 1. The smallest absolute Gasteiger partial charge is 0.435 e. The maximum absolute atomic E-state index is 11.3. The number of anilines is 1. The van der Waals surface area contributed by atoms with Crippen molar-refractivity contribution in [2.24, 2.45) is 0 Å². The predicted octanol–water partition coefficient (Wildman–Crippen LogP) is -0.676. The number of aliphatic hydroxyl groups excluding tert-OH is 2. The van der Waals surface area contributed by atoms with E-state index >= 15 is 0 Å². The average Bonchev–Trinajstić information content (AvgIpc) is 3.16. The number of ether oxygens (including phenoxy) is 3. The van der Waals surface area contributed by atoms with E-state index in [1.807, 2.05) is 6.07 Å². The Labute approximate surface area is 147 Å². The van der Waals surface area contributed by atoms with Crippen LogP contribution in [0.5, 0.6) is 0 Å². The van der Waals surface area contributed by atoms with Gasteiger partial charge in [0.25, 0.3) is 0 Å². The first-order valence-electron chi connectivity index (χ1n) is 7.78. The van der Waals surface area contributed by atoms with Crippen molar-refractivity contribution in [3.8, 4) is 6.07 Å². The summed E-state index contributed by atoms with van der Waals surface area (Å²) in [6, 6.07) is 4.95. The van der Waals surface area contributed by atoms with Crippen LogP contribution < -0.4 is 5.73 Å². The zero-order valence-corrected chi connectivity index (χ0v) is 13.8. The summed E-state index contributed by atoms with van der Waals surface area (Å²) in [5.74, 6) is 0.176. The molecule has 138 valence electrons. The third-order valence-electron chi connectivity index (χ3n) is 4.11. The Bertz CT molecular complexity index is 864. The number of carbonyl (C=O) groups excluding carboxylic acids is 1. The Kier molecular flexibility index (Phi) is 4.64. The highest BCUT2D eigenvalue weighted by molar-refractivity contribution is 5.66. The summed E-state index contributed by atoms with van der Waals surface area (Å²) < 4.78 is 16.4. The van der Waals surface area contributed by atoms with E-state index in [9.17, 15) is 20.3 Å². The first-order valence-corrected chi connectivity index (χ1v) is 7.78. The zero-order valence-electron chi connectivity index (χ0n) is 13.8. The van der Waals surface area contributed by atoms with Crippen LogP contribution in [-0.2, 0) is 19.8 Å². The van der Waals surface area contributed by atoms with E-state index in [-0.39, 0.29) is 18.1 Å². The van der Waals surface area contributed by atoms with Gasteiger partial charge in [0.05, 0.1) is 12.3 Å². The molecule has 1 aliphatic heterocycles. The van der Waals surface area contributed by atoms with Crippen molar-refractivity contribution in [2.45, 2.75) is 30.8 Å². The van der Waals surface area contributed by atoms with Gasteiger partial charge >= 0.3 is 6.16 Å². The molecule has 1 aliphatic rings. The van der Waals surface area contributed by atoms with Gasteiger partial charge in [-0.1, -0.05) is 0 Å². The molecular weight excluding hydrogens is 346 g/mol. The average molecular weight is 363 g/mol. The normalized spacial score (nSPS) is 28.0. The molecule has 0 bridgehead atoms. The fraction of sp³-hybridized carbons (Fsp3) is 0.467. The predicted molar refractivity (Wildman–Crippen MR) is 84.6 cm³/mol. The maximum atomic E-state index is 11.3. The van der Waals surface area contributed by atoms with Gasteiger partial charge in [-0.25, -0.2) is 14.3 Å². The number of nitrogen functional groups attached to an aromatic ring is 1. The highest BCUT2D eigenvalue weighted by Gasteiger charge is 2.57. The van der Waals surface area contributed by atoms with E-state index in [1.165, 1.54) is 16.9 Å². The molecule has 0 spiro atoms. The number of nitriles is 1. The minimum atomic E-state index is -1.94. The van der Waals surface area contributed by atoms with Gasteiger partial charge in [0.2, 0.25) is 5.60 Å². The van der Waals surface area contributed by atoms with Gasteiger partial charge in [-0.05, 0) is 19.1 Å². The van der Waals surface area contributed by atoms with E-state index in [2.05, 4.69) is 14.8 Å². The first-order chi connectivity index (χ1) is 12.4. The molecule has 0 aromatic carbocycles. The summed E-state index contributed by atoms with van der Waals surface area (Å²) in [5, 5.41) is 34.5. The van der Waals surface area contributed by atoms with E-state index in [1.54, 1.807) is 13.0 Å². The van der Waals surface area contributed by atoms with Crippen LogP contribution in [-0.4, -0.2) is 62.5 Å². The summed E-state index contributed by atoms with van der Waals surface area (Å²) in [6.45, 7) is 1.33. The van der Waals surface area contributed by atoms with Crippen molar-refractivity contribution < 1.29 is 29.2 Å². The van der Waals surface area contributed by atoms with Crippen LogP contribution in [0.15, 0.2) is 18.5 Å². The van der Waals surface area contributed by atoms with Gasteiger partial charge in [0.15, 0.2) is 5.82 Å². The Hall–Kier alpha value is -2.94. The van der Waals surface area contributed by atoms with E-state index in [0.717, 1.165) is 0 Å². The second-order valence-electron chi connectivity index (χ2n) is 5.59. The van der Waals surface area contributed by atoms with Gasteiger partial charge in [-0.2, -0.15) is 10.4 Å². The van der Waals surface area contributed by atoms with Gasteiger partial charge in [0.1, 0.15) is 42.8 Å². The maximum Gasteiger partial charge on any atom is 0.508 e. The molecule has 0 aliphatic carbocycles. The Morgan fingerprint density at radius 1 is 1.50 bits per heavy atom. The number of hydrogen-bond donors (Lipinski definition) is 3. The lowest BCUT2D eigenvalue weighted by molar-refractivity contribution is -0.0717. The summed E-state index contributed by atoms with van der Waals surface area (Å²) in [6.07, 6.45) is -3.98. The van der Waals surface area contributed by atoms with Gasteiger partial charge in [-0.3, -0.25) is 0 Å². The summed E-state index contributed by atoms with van der Waals surface area (Å²) in [5.41, 5.74) is 4.41. The molecule has 11 nitrogen and oxygen atoms in total. The molecule has 26 heavy (non-hydrogen) atoms. The lowest BCUT2D eigenvalue weighted by atomic mass is 9.92. The van der Waals surface area contributed by atoms with Gasteiger partial charge in [-0.15, -0.1) is 0 Å². The molecule has 3 rings (SSSR count). The molecule has 0 unspecified atom stereocenters. The van der Waals surface area contributed by atoms with Crippen molar-refractivity contribution in [2.75, 3.05) is 18.9 Å². The standard InChI is InChI=1S/C15H17N5O6/c1-2-24-14(23)25-5-9-11(21)12(22)15(6-16,26-9)10-4-3-8-13(17)18-7-19-20(8)10/h3-4,7,9,11-12,21-22H,2,5H2,1H3,(H2,17,18,19)/t9-,11+,12-,15+/m1/s1. The molecule has 1 saturated heterocycles. The third-order valence-corrected chi connectivity index (χ3v) is 4.11. The number of hydrogen-bond acceptors (Lipinski definition) is 10. The Morgan fingerprint density at radius 3 is 2.96 bits per heavy atom. The second-order valence-corrected chi connectivity index (χ2v) is 5.59.